The fourth-order valence-electron chi connectivity index (χ4n) is 3.35. The van der Waals surface area contributed by atoms with Crippen molar-refractivity contribution in [2.45, 2.75) is 59.3 Å². The molecule has 0 N–H and O–H groups in total. The van der Waals surface area contributed by atoms with Crippen LogP contribution in [0.5, 0.6) is 0 Å². The molecule has 0 bridgehead atoms. The highest BCUT2D eigenvalue weighted by Gasteiger charge is 2.27. The Morgan fingerprint density at radius 2 is 1.03 bits per heavy atom. The molecule has 0 spiro atoms. The summed E-state index contributed by atoms with van der Waals surface area (Å²) >= 11 is 0. The first-order valence-electron chi connectivity index (χ1n) is 11.6. The van der Waals surface area contributed by atoms with Crippen LogP contribution in [0.2, 0.25) is 0 Å². The van der Waals surface area contributed by atoms with Crippen molar-refractivity contribution in [2.24, 2.45) is 0 Å². The zero-order chi connectivity index (χ0) is 24.8. The molecule has 0 atom stereocenters. The van der Waals surface area contributed by atoms with Crippen LogP contribution in [0.1, 0.15) is 59.3 Å². The Labute approximate surface area is 197 Å². The minimum atomic E-state index is -0.541. The lowest BCUT2D eigenvalue weighted by molar-refractivity contribution is 0.176. The third-order valence-corrected chi connectivity index (χ3v) is 5.24. The molecule has 0 fully saturated rings. The minimum Gasteiger partial charge on any atom is -0.452 e. The first kappa shape index (κ1) is 28.1. The maximum Gasteiger partial charge on any atom is 0.414 e. The monoisotopic (exact) mass is 465 g/mol. The molecule has 1 aromatic rings. The molecule has 0 aliphatic rings. The Bertz CT molecular complexity index is 771. The summed E-state index contributed by atoms with van der Waals surface area (Å²) in [5.74, 6) is 0. The Balaban J connectivity index is 3.70. The van der Waals surface area contributed by atoms with E-state index in [1.807, 2.05) is 20.8 Å². The van der Waals surface area contributed by atoms with Crippen LogP contribution in [0.3, 0.4) is 0 Å². The standard InChI is InChI=1S/C24H39N3O6/c1-7-10-15-25(22(28)31-4)19-13-14-20(26(16-11-8-2)23(29)32-5)21(18-19)27(17-12-9-3)24(30)33-6/h13-14,18H,7-12,15-17H2,1-6H3. The summed E-state index contributed by atoms with van der Waals surface area (Å²) in [7, 11) is 3.98. The van der Waals surface area contributed by atoms with Crippen molar-refractivity contribution < 1.29 is 28.6 Å². The average molecular weight is 466 g/mol. The predicted octanol–water partition coefficient (Wildman–Crippen LogP) is 5.81. The van der Waals surface area contributed by atoms with Crippen LogP contribution in [0.4, 0.5) is 31.4 Å². The van der Waals surface area contributed by atoms with E-state index < -0.39 is 18.3 Å². The molecule has 186 valence electrons. The number of rotatable bonds is 12. The minimum absolute atomic E-state index is 0.398. The molecule has 3 amide bonds. The van der Waals surface area contributed by atoms with Crippen molar-refractivity contribution in [3.8, 4) is 0 Å². The molecule has 33 heavy (non-hydrogen) atoms. The largest absolute Gasteiger partial charge is 0.452 e. The lowest BCUT2D eigenvalue weighted by Gasteiger charge is -2.31. The van der Waals surface area contributed by atoms with Gasteiger partial charge in [-0.25, -0.2) is 14.4 Å². The van der Waals surface area contributed by atoms with E-state index in [9.17, 15) is 14.4 Å². The molecule has 0 aliphatic heterocycles. The molecule has 9 nitrogen and oxygen atoms in total. The lowest BCUT2D eigenvalue weighted by atomic mass is 10.1. The van der Waals surface area contributed by atoms with Gasteiger partial charge in [-0.15, -0.1) is 0 Å². The molecule has 0 unspecified atom stereocenters. The molecule has 0 saturated carbocycles. The lowest BCUT2D eigenvalue weighted by Crippen LogP contribution is -2.37. The van der Waals surface area contributed by atoms with Crippen LogP contribution in [-0.4, -0.2) is 59.2 Å². The van der Waals surface area contributed by atoms with Crippen molar-refractivity contribution in [1.29, 1.82) is 0 Å². The van der Waals surface area contributed by atoms with E-state index >= 15 is 0 Å². The average Bonchev–Trinajstić information content (AvgIpc) is 2.84. The van der Waals surface area contributed by atoms with Crippen LogP contribution in [0.25, 0.3) is 0 Å². The summed E-state index contributed by atoms with van der Waals surface area (Å²) in [6.45, 7) is 7.38. The van der Waals surface area contributed by atoms with E-state index in [1.54, 1.807) is 18.2 Å². The summed E-state index contributed by atoms with van der Waals surface area (Å²) < 4.78 is 15.0. The SMILES string of the molecule is CCCCN(C(=O)OC)c1ccc(N(CCCC)C(=O)OC)c(N(CCCC)C(=O)OC)c1. The number of hydrogen-bond donors (Lipinski definition) is 0. The van der Waals surface area contributed by atoms with Gasteiger partial charge in [-0.2, -0.15) is 0 Å². The van der Waals surface area contributed by atoms with Gasteiger partial charge < -0.3 is 14.2 Å². The Kier molecular flexibility index (Phi) is 12.7. The fourth-order valence-corrected chi connectivity index (χ4v) is 3.35. The second kappa shape index (κ2) is 15.0. The highest BCUT2D eigenvalue weighted by molar-refractivity contribution is 6.00. The summed E-state index contributed by atoms with van der Waals surface area (Å²) in [6.07, 6.45) is 3.37. The van der Waals surface area contributed by atoms with Crippen molar-refractivity contribution in [1.82, 2.24) is 0 Å². The van der Waals surface area contributed by atoms with Gasteiger partial charge in [0.15, 0.2) is 0 Å². The molecule has 0 aliphatic carbocycles. The molecule has 0 heterocycles. The Hall–Kier alpha value is -2.97. The van der Waals surface area contributed by atoms with E-state index in [0.29, 0.717) is 36.7 Å². The molecule has 9 heteroatoms. The van der Waals surface area contributed by atoms with Crippen LogP contribution in [0.15, 0.2) is 18.2 Å². The van der Waals surface area contributed by atoms with E-state index in [4.69, 9.17) is 14.2 Å². The second-order valence-electron chi connectivity index (χ2n) is 7.60. The normalized spacial score (nSPS) is 10.4. The zero-order valence-corrected chi connectivity index (χ0v) is 20.9. The van der Waals surface area contributed by atoms with Crippen LogP contribution in [0, 0.1) is 0 Å². The van der Waals surface area contributed by atoms with Gasteiger partial charge in [0, 0.05) is 25.3 Å². The number of anilines is 3. The van der Waals surface area contributed by atoms with Crippen LogP contribution >= 0.6 is 0 Å². The highest BCUT2D eigenvalue weighted by Crippen LogP contribution is 2.35. The van der Waals surface area contributed by atoms with Crippen molar-refractivity contribution in [3.05, 3.63) is 18.2 Å². The summed E-state index contributed by atoms with van der Waals surface area (Å²) in [6, 6.07) is 5.22. The van der Waals surface area contributed by atoms with E-state index in [1.165, 1.54) is 36.0 Å². The summed E-state index contributed by atoms with van der Waals surface area (Å²) in [5, 5.41) is 0. The van der Waals surface area contributed by atoms with Crippen LogP contribution < -0.4 is 14.7 Å². The quantitative estimate of drug-likeness (QED) is 0.362. The van der Waals surface area contributed by atoms with Crippen molar-refractivity contribution in [2.75, 3.05) is 55.7 Å². The number of hydrogen-bond acceptors (Lipinski definition) is 6. The van der Waals surface area contributed by atoms with Gasteiger partial charge >= 0.3 is 18.3 Å². The van der Waals surface area contributed by atoms with E-state index in [2.05, 4.69) is 0 Å². The number of methoxy groups -OCH3 is 3. The summed E-state index contributed by atoms with van der Waals surface area (Å²) in [4.78, 5) is 42.4. The molecule has 1 aromatic carbocycles. The molecule has 1 rings (SSSR count). The number of ether oxygens (including phenoxy) is 3. The number of unbranched alkanes of at least 4 members (excludes halogenated alkanes) is 3. The predicted molar refractivity (Wildman–Crippen MR) is 130 cm³/mol. The third kappa shape index (κ3) is 7.83. The first-order valence-corrected chi connectivity index (χ1v) is 11.6. The van der Waals surface area contributed by atoms with Gasteiger partial charge in [0.25, 0.3) is 0 Å². The second-order valence-corrected chi connectivity index (χ2v) is 7.60. The molecule has 0 saturated heterocycles. The molecule has 0 radical (unpaired) electrons. The van der Waals surface area contributed by atoms with Crippen molar-refractivity contribution >= 4 is 35.3 Å². The Morgan fingerprint density at radius 3 is 1.45 bits per heavy atom. The van der Waals surface area contributed by atoms with Gasteiger partial charge in [-0.05, 0) is 37.5 Å². The molecular weight excluding hydrogens is 426 g/mol. The zero-order valence-electron chi connectivity index (χ0n) is 20.9. The number of nitrogens with zero attached hydrogens (tertiary/aromatic N) is 3. The molecular formula is C24H39N3O6. The Morgan fingerprint density at radius 1 is 0.636 bits per heavy atom. The maximum absolute atomic E-state index is 12.8. The topological polar surface area (TPSA) is 88.6 Å². The van der Waals surface area contributed by atoms with E-state index in [-0.39, 0.29) is 0 Å². The third-order valence-electron chi connectivity index (χ3n) is 5.24. The molecule has 0 aromatic heterocycles. The van der Waals surface area contributed by atoms with Gasteiger partial charge in [-0.3, -0.25) is 14.7 Å². The highest BCUT2D eigenvalue weighted by atomic mass is 16.5. The van der Waals surface area contributed by atoms with Gasteiger partial charge in [0.05, 0.1) is 32.7 Å². The maximum atomic E-state index is 12.8. The number of carbonyl (C=O) groups is 3. The van der Waals surface area contributed by atoms with Crippen molar-refractivity contribution in [3.63, 3.8) is 0 Å². The number of benzene rings is 1. The smallest absolute Gasteiger partial charge is 0.414 e. The summed E-state index contributed by atoms with van der Waals surface area (Å²) in [5.41, 5.74) is 1.56. The van der Waals surface area contributed by atoms with Gasteiger partial charge in [0.2, 0.25) is 0 Å². The van der Waals surface area contributed by atoms with Crippen LogP contribution in [-0.2, 0) is 14.2 Å². The number of amides is 3. The number of carbonyl (C=O) groups excluding carboxylic acids is 3. The van der Waals surface area contributed by atoms with Gasteiger partial charge in [-0.1, -0.05) is 40.0 Å². The van der Waals surface area contributed by atoms with Gasteiger partial charge in [0.1, 0.15) is 0 Å². The first-order chi connectivity index (χ1) is 15.9. The van der Waals surface area contributed by atoms with E-state index in [0.717, 1.165) is 38.5 Å². The fraction of sp³-hybridized carbons (Fsp3) is 0.625.